The molecule has 1 unspecified atom stereocenters. The molecule has 1 aromatic rings. The fraction of sp³-hybridized carbons (Fsp3) is 0.417. The van der Waals surface area contributed by atoms with Crippen LogP contribution >= 0.6 is 8.20 Å². The van der Waals surface area contributed by atoms with Crippen LogP contribution in [0, 0.1) is 5.92 Å². The van der Waals surface area contributed by atoms with Crippen LogP contribution in [0.1, 0.15) is 25.5 Å². The van der Waals surface area contributed by atoms with Gasteiger partial charge in [0, 0.05) is 5.30 Å². The lowest BCUT2D eigenvalue weighted by Crippen LogP contribution is -2.22. The van der Waals surface area contributed by atoms with Crippen molar-refractivity contribution in [1.29, 1.82) is 0 Å². The molecular weight excluding hydrogens is 221 g/mol. The lowest BCUT2D eigenvalue weighted by atomic mass is 9.97. The number of hydrogen-bond donors (Lipinski definition) is 1. The number of benzene rings is 1. The summed E-state index contributed by atoms with van der Waals surface area (Å²) in [7, 11) is 1.24. The van der Waals surface area contributed by atoms with Gasteiger partial charge in [0.1, 0.15) is 0 Å². The van der Waals surface area contributed by atoms with Gasteiger partial charge in [-0.05, 0) is 28.9 Å². The van der Waals surface area contributed by atoms with Gasteiger partial charge in [-0.1, -0.05) is 22.1 Å². The number of rotatable bonds is 1. The van der Waals surface area contributed by atoms with E-state index in [1.54, 1.807) is 0 Å². The van der Waals surface area contributed by atoms with Crippen LogP contribution in [0.5, 0.6) is 11.5 Å². The maximum absolute atomic E-state index is 6.25. The van der Waals surface area contributed by atoms with Gasteiger partial charge in [0.2, 0.25) is 6.79 Å². The molecule has 0 amide bonds. The summed E-state index contributed by atoms with van der Waals surface area (Å²) in [4.78, 5) is 0. The maximum atomic E-state index is 6.25. The first-order chi connectivity index (χ1) is 7.66. The Labute approximate surface area is 96.3 Å². The van der Waals surface area contributed by atoms with Crippen LogP contribution in [0.25, 0.3) is 0 Å². The monoisotopic (exact) mass is 235 g/mol. The predicted molar refractivity (Wildman–Crippen MR) is 65.9 cm³/mol. The first kappa shape index (κ1) is 10.1. The van der Waals surface area contributed by atoms with Gasteiger partial charge < -0.3 is 15.2 Å². The van der Waals surface area contributed by atoms with Gasteiger partial charge >= 0.3 is 0 Å². The summed E-state index contributed by atoms with van der Waals surface area (Å²) in [5, 5.41) is 2.64. The SMILES string of the molecule is CC(C)C1=Pc2cc3c(cc2C1N)OCO3. The molecule has 3 nitrogen and oxygen atoms in total. The Hall–Kier alpha value is -1.05. The normalized spacial score (nSPS) is 22.2. The first-order valence-corrected chi connectivity index (χ1v) is 6.34. The highest BCUT2D eigenvalue weighted by molar-refractivity contribution is 7.50. The Morgan fingerprint density at radius 3 is 2.69 bits per heavy atom. The minimum absolute atomic E-state index is 0.0474. The number of nitrogens with two attached hydrogens (primary N) is 1. The van der Waals surface area contributed by atoms with E-state index in [9.17, 15) is 0 Å². The second kappa shape index (κ2) is 3.47. The van der Waals surface area contributed by atoms with Crippen molar-refractivity contribution >= 4 is 18.8 Å². The lowest BCUT2D eigenvalue weighted by Gasteiger charge is -2.13. The molecule has 0 aromatic heterocycles. The average Bonchev–Trinajstić information content (AvgIpc) is 2.80. The second-order valence-electron chi connectivity index (χ2n) is 4.43. The predicted octanol–water partition coefficient (Wildman–Crippen LogP) is 1.83. The Morgan fingerprint density at radius 1 is 1.31 bits per heavy atom. The van der Waals surface area contributed by atoms with Crippen LogP contribution < -0.4 is 20.5 Å². The number of ether oxygens (including phenoxy) is 2. The highest BCUT2D eigenvalue weighted by Gasteiger charge is 2.28. The molecule has 0 bridgehead atoms. The van der Waals surface area contributed by atoms with E-state index >= 15 is 0 Å². The molecule has 2 heterocycles. The molecule has 0 radical (unpaired) electrons. The molecule has 1 atom stereocenters. The van der Waals surface area contributed by atoms with Crippen LogP contribution in [-0.4, -0.2) is 12.1 Å². The van der Waals surface area contributed by atoms with Crippen molar-refractivity contribution in [3.8, 4) is 11.5 Å². The summed E-state index contributed by atoms with van der Waals surface area (Å²) >= 11 is 0. The van der Waals surface area contributed by atoms with E-state index in [1.165, 1.54) is 24.4 Å². The van der Waals surface area contributed by atoms with Gasteiger partial charge in [0.05, 0.1) is 6.04 Å². The zero-order chi connectivity index (χ0) is 11.3. The van der Waals surface area contributed by atoms with Crippen molar-refractivity contribution in [2.45, 2.75) is 19.9 Å². The highest BCUT2D eigenvalue weighted by Crippen LogP contribution is 2.38. The van der Waals surface area contributed by atoms with Crippen molar-refractivity contribution in [3.05, 3.63) is 17.7 Å². The molecule has 2 aliphatic heterocycles. The molecule has 2 N–H and O–H groups in total. The van der Waals surface area contributed by atoms with Gasteiger partial charge in [-0.25, -0.2) is 0 Å². The average molecular weight is 235 g/mol. The van der Waals surface area contributed by atoms with Gasteiger partial charge in [-0.15, -0.1) is 0 Å². The summed E-state index contributed by atoms with van der Waals surface area (Å²) in [6.07, 6.45) is 0. The fourth-order valence-corrected chi connectivity index (χ4v) is 3.48. The summed E-state index contributed by atoms with van der Waals surface area (Å²) < 4.78 is 10.8. The first-order valence-electron chi connectivity index (χ1n) is 5.44. The molecule has 84 valence electrons. The quantitative estimate of drug-likeness (QED) is 0.755. The Balaban J connectivity index is 2.09. The third-order valence-corrected chi connectivity index (χ3v) is 4.70. The van der Waals surface area contributed by atoms with Crippen molar-refractivity contribution in [2.75, 3.05) is 6.79 Å². The molecule has 0 saturated carbocycles. The Kier molecular flexibility index (Phi) is 2.20. The van der Waals surface area contributed by atoms with E-state index in [2.05, 4.69) is 19.9 Å². The summed E-state index contributed by atoms with van der Waals surface area (Å²) in [6, 6.07) is 4.14. The van der Waals surface area contributed by atoms with E-state index in [0.29, 0.717) is 12.7 Å². The second-order valence-corrected chi connectivity index (χ2v) is 5.66. The molecular formula is C12H14NO2P. The molecule has 0 aliphatic carbocycles. The zero-order valence-corrected chi connectivity index (χ0v) is 10.3. The van der Waals surface area contributed by atoms with E-state index in [0.717, 1.165) is 11.5 Å². The Morgan fingerprint density at radius 2 is 2.00 bits per heavy atom. The van der Waals surface area contributed by atoms with Crippen LogP contribution in [-0.2, 0) is 0 Å². The van der Waals surface area contributed by atoms with Gasteiger partial charge in [0.15, 0.2) is 11.5 Å². The third-order valence-electron chi connectivity index (χ3n) is 3.02. The van der Waals surface area contributed by atoms with Crippen molar-refractivity contribution in [2.24, 2.45) is 11.7 Å². The van der Waals surface area contributed by atoms with E-state index < -0.39 is 0 Å². The van der Waals surface area contributed by atoms with Crippen molar-refractivity contribution in [1.82, 2.24) is 0 Å². The molecule has 4 heteroatoms. The molecule has 0 saturated heterocycles. The summed E-state index contributed by atoms with van der Waals surface area (Å²) in [5.41, 5.74) is 7.43. The zero-order valence-electron chi connectivity index (χ0n) is 9.36. The fourth-order valence-electron chi connectivity index (χ4n) is 2.15. The topological polar surface area (TPSA) is 44.5 Å². The molecule has 1 aromatic carbocycles. The lowest BCUT2D eigenvalue weighted by molar-refractivity contribution is 0.174. The number of hydrogen-bond acceptors (Lipinski definition) is 3. The molecule has 16 heavy (non-hydrogen) atoms. The van der Waals surface area contributed by atoms with E-state index in [-0.39, 0.29) is 6.04 Å². The van der Waals surface area contributed by atoms with Crippen LogP contribution in [0.15, 0.2) is 12.1 Å². The largest absolute Gasteiger partial charge is 0.454 e. The molecule has 3 rings (SSSR count). The van der Waals surface area contributed by atoms with Gasteiger partial charge in [0.25, 0.3) is 0 Å². The summed E-state index contributed by atoms with van der Waals surface area (Å²) in [6.45, 7) is 4.70. The smallest absolute Gasteiger partial charge is 0.231 e. The van der Waals surface area contributed by atoms with Crippen molar-refractivity contribution in [3.63, 3.8) is 0 Å². The third kappa shape index (κ3) is 1.35. The highest BCUT2D eigenvalue weighted by atomic mass is 31.1. The van der Waals surface area contributed by atoms with Gasteiger partial charge in [-0.2, -0.15) is 0 Å². The standard InChI is InChI=1S/C12H14NO2P/c1-6(2)12-11(13)7-3-8-9(15-5-14-8)4-10(7)16-12/h3-4,6,11H,5,13H2,1-2H3. The number of fused-ring (bicyclic) bond motifs is 2. The summed E-state index contributed by atoms with van der Waals surface area (Å²) in [5.74, 6) is 2.19. The van der Waals surface area contributed by atoms with Crippen LogP contribution in [0.2, 0.25) is 0 Å². The minimum atomic E-state index is 0.0474. The van der Waals surface area contributed by atoms with E-state index in [4.69, 9.17) is 15.2 Å². The molecule has 0 fully saturated rings. The maximum Gasteiger partial charge on any atom is 0.231 e. The molecule has 0 spiro atoms. The Bertz CT molecular complexity index is 482. The van der Waals surface area contributed by atoms with Gasteiger partial charge in [-0.3, -0.25) is 0 Å². The van der Waals surface area contributed by atoms with Crippen LogP contribution in [0.4, 0.5) is 0 Å². The molecule has 2 aliphatic rings. The minimum Gasteiger partial charge on any atom is -0.454 e. The van der Waals surface area contributed by atoms with Crippen molar-refractivity contribution < 1.29 is 9.47 Å². The van der Waals surface area contributed by atoms with E-state index in [1.807, 2.05) is 6.07 Å². The van der Waals surface area contributed by atoms with Crippen LogP contribution in [0.3, 0.4) is 0 Å².